The Hall–Kier alpha value is -3.68. The summed E-state index contributed by atoms with van der Waals surface area (Å²) in [4.78, 5) is 12.9. The second kappa shape index (κ2) is 13.3. The minimum absolute atomic E-state index is 0.0462. The van der Waals surface area contributed by atoms with Gasteiger partial charge in [-0.3, -0.25) is 13.8 Å². The Labute approximate surface area is 264 Å². The molecule has 0 aromatic heterocycles. The number of sulfonamides is 2. The number of amides is 1. The van der Waals surface area contributed by atoms with Crippen molar-refractivity contribution in [2.75, 3.05) is 35.1 Å². The average molecular weight is 685 g/mol. The molecular weight excluding hydrogens is 661 g/mol. The fourth-order valence-corrected chi connectivity index (χ4v) is 6.90. The van der Waals surface area contributed by atoms with Gasteiger partial charge in [-0.15, -0.1) is 0 Å². The number of halogens is 3. The Balaban J connectivity index is 1.56. The van der Waals surface area contributed by atoms with Gasteiger partial charge in [0.25, 0.3) is 20.0 Å². The number of nitrogens with one attached hydrogen (secondary N) is 2. The second-order valence-electron chi connectivity index (χ2n) is 8.78. The lowest BCUT2D eigenvalue weighted by Crippen LogP contribution is -2.38. The van der Waals surface area contributed by atoms with Crippen LogP contribution in [0.15, 0.2) is 94.7 Å². The van der Waals surface area contributed by atoms with Crippen molar-refractivity contribution in [3.63, 3.8) is 0 Å². The molecule has 0 unspecified atom stereocenters. The van der Waals surface area contributed by atoms with Crippen molar-refractivity contribution in [2.24, 2.45) is 0 Å². The number of hydrogen-bond donors (Lipinski definition) is 2. The maximum Gasteiger partial charge on any atom is 0.264 e. The molecule has 0 atom stereocenters. The summed E-state index contributed by atoms with van der Waals surface area (Å²) in [5, 5.41) is 3.19. The zero-order valence-electron chi connectivity index (χ0n) is 22.5. The van der Waals surface area contributed by atoms with Crippen LogP contribution in [0.2, 0.25) is 15.1 Å². The van der Waals surface area contributed by atoms with Crippen LogP contribution >= 0.6 is 34.8 Å². The van der Waals surface area contributed by atoms with Gasteiger partial charge in [-0.2, -0.15) is 0 Å². The monoisotopic (exact) mass is 683 g/mol. The summed E-state index contributed by atoms with van der Waals surface area (Å²) < 4.78 is 66.9. The van der Waals surface area contributed by atoms with E-state index in [1.807, 2.05) is 0 Å². The minimum Gasteiger partial charge on any atom is -0.493 e. The lowest BCUT2D eigenvalue weighted by Gasteiger charge is -2.24. The van der Waals surface area contributed by atoms with Crippen molar-refractivity contribution in [3.05, 3.63) is 100.0 Å². The molecule has 1 amide bonds. The van der Waals surface area contributed by atoms with Crippen molar-refractivity contribution < 1.29 is 31.1 Å². The Bertz CT molecular complexity index is 1850. The molecule has 0 saturated carbocycles. The largest absolute Gasteiger partial charge is 0.493 e. The lowest BCUT2D eigenvalue weighted by atomic mass is 10.3. The molecule has 43 heavy (non-hydrogen) atoms. The first-order valence-electron chi connectivity index (χ1n) is 12.2. The fraction of sp³-hybridized carbons (Fsp3) is 0.107. The summed E-state index contributed by atoms with van der Waals surface area (Å²) in [6, 6.07) is 19.8. The van der Waals surface area contributed by atoms with Crippen molar-refractivity contribution in [2.45, 2.75) is 9.79 Å². The first kappa shape index (κ1) is 32.2. The summed E-state index contributed by atoms with van der Waals surface area (Å²) in [5.41, 5.74) is 0.510. The lowest BCUT2D eigenvalue weighted by molar-refractivity contribution is -0.114. The summed E-state index contributed by atoms with van der Waals surface area (Å²) in [5.74, 6) is -0.182. The standard InChI is InChI=1S/C28H24Cl3N3O7S2/c1-40-25-15-14-22(16-26(25)41-2)43(38,39)34(20-10-6-18(29)7-11-20)17-27(35)32-19-8-12-21(13-9-19)42(36,37)33-24-5-3-4-23(30)28(24)31/h3-16,33H,17H2,1-2H3,(H,32,35). The Morgan fingerprint density at radius 1 is 0.791 bits per heavy atom. The Morgan fingerprint density at radius 2 is 1.42 bits per heavy atom. The summed E-state index contributed by atoms with van der Waals surface area (Å²) >= 11 is 18.1. The van der Waals surface area contributed by atoms with Gasteiger partial charge in [-0.1, -0.05) is 40.9 Å². The third-order valence-electron chi connectivity index (χ3n) is 5.99. The van der Waals surface area contributed by atoms with Gasteiger partial charge in [0.15, 0.2) is 11.5 Å². The highest BCUT2D eigenvalue weighted by molar-refractivity contribution is 7.93. The molecule has 0 radical (unpaired) electrons. The van der Waals surface area contributed by atoms with Crippen LogP contribution in [0.4, 0.5) is 17.1 Å². The molecule has 15 heteroatoms. The Kier molecular flexibility index (Phi) is 9.98. The van der Waals surface area contributed by atoms with Crippen LogP contribution in [-0.4, -0.2) is 43.5 Å². The molecular formula is C28H24Cl3N3O7S2. The van der Waals surface area contributed by atoms with Crippen LogP contribution in [0.25, 0.3) is 0 Å². The number of ether oxygens (including phenoxy) is 2. The Morgan fingerprint density at radius 3 is 2.05 bits per heavy atom. The van der Waals surface area contributed by atoms with E-state index in [4.69, 9.17) is 44.3 Å². The SMILES string of the molecule is COc1ccc(S(=O)(=O)N(CC(=O)Nc2ccc(S(=O)(=O)Nc3cccc(Cl)c3Cl)cc2)c2ccc(Cl)cc2)cc1OC. The molecule has 4 aromatic carbocycles. The molecule has 0 heterocycles. The molecule has 4 aromatic rings. The number of benzene rings is 4. The van der Waals surface area contributed by atoms with E-state index in [2.05, 4.69) is 10.0 Å². The van der Waals surface area contributed by atoms with E-state index in [0.717, 1.165) is 4.31 Å². The van der Waals surface area contributed by atoms with Crippen molar-refractivity contribution in [1.82, 2.24) is 0 Å². The van der Waals surface area contributed by atoms with Gasteiger partial charge in [0, 0.05) is 16.8 Å². The van der Waals surface area contributed by atoms with E-state index in [9.17, 15) is 21.6 Å². The third kappa shape index (κ3) is 7.46. The van der Waals surface area contributed by atoms with Gasteiger partial charge in [-0.25, -0.2) is 16.8 Å². The van der Waals surface area contributed by atoms with Gasteiger partial charge in [0.05, 0.1) is 45.4 Å². The van der Waals surface area contributed by atoms with Crippen molar-refractivity contribution >= 4 is 77.8 Å². The maximum absolute atomic E-state index is 13.7. The summed E-state index contributed by atoms with van der Waals surface area (Å²) in [6.07, 6.45) is 0. The molecule has 0 saturated heterocycles. The van der Waals surface area contributed by atoms with E-state index in [0.29, 0.717) is 10.8 Å². The van der Waals surface area contributed by atoms with Crippen LogP contribution < -0.4 is 23.8 Å². The molecule has 0 spiro atoms. The number of methoxy groups -OCH3 is 2. The number of hydrogen-bond acceptors (Lipinski definition) is 7. The first-order valence-corrected chi connectivity index (χ1v) is 16.3. The molecule has 10 nitrogen and oxygen atoms in total. The third-order valence-corrected chi connectivity index (χ3v) is 10.2. The van der Waals surface area contributed by atoms with Gasteiger partial charge in [0.2, 0.25) is 5.91 Å². The summed E-state index contributed by atoms with van der Waals surface area (Å²) in [6.45, 7) is -0.618. The highest BCUT2D eigenvalue weighted by Crippen LogP contribution is 2.33. The quantitative estimate of drug-likeness (QED) is 0.190. The second-order valence-corrected chi connectivity index (χ2v) is 13.6. The van der Waals surface area contributed by atoms with Crippen LogP contribution in [0.5, 0.6) is 11.5 Å². The van der Waals surface area contributed by atoms with E-state index in [-0.39, 0.29) is 42.6 Å². The molecule has 226 valence electrons. The molecule has 0 bridgehead atoms. The van der Waals surface area contributed by atoms with Gasteiger partial charge >= 0.3 is 0 Å². The molecule has 0 aliphatic heterocycles. The maximum atomic E-state index is 13.7. The predicted octanol–water partition coefficient (Wildman–Crippen LogP) is 6.30. The first-order chi connectivity index (χ1) is 20.3. The zero-order chi connectivity index (χ0) is 31.4. The molecule has 2 N–H and O–H groups in total. The molecule has 0 aliphatic carbocycles. The highest BCUT2D eigenvalue weighted by Gasteiger charge is 2.28. The average Bonchev–Trinajstić information content (AvgIpc) is 2.98. The number of anilines is 3. The number of carbonyl (C=O) groups excluding carboxylic acids is 1. The van der Waals surface area contributed by atoms with E-state index >= 15 is 0 Å². The van der Waals surface area contributed by atoms with Crippen LogP contribution in [-0.2, 0) is 24.8 Å². The fourth-order valence-electron chi connectivity index (χ4n) is 3.86. The smallest absolute Gasteiger partial charge is 0.264 e. The van der Waals surface area contributed by atoms with Gasteiger partial charge in [0.1, 0.15) is 6.54 Å². The van der Waals surface area contributed by atoms with E-state index < -0.39 is 32.5 Å². The van der Waals surface area contributed by atoms with E-state index in [1.54, 1.807) is 6.07 Å². The number of nitrogens with zero attached hydrogens (tertiary/aromatic N) is 1. The van der Waals surface area contributed by atoms with Crippen LogP contribution in [0.1, 0.15) is 0 Å². The summed E-state index contributed by atoms with van der Waals surface area (Å²) in [7, 11) is -5.54. The predicted molar refractivity (Wildman–Crippen MR) is 168 cm³/mol. The van der Waals surface area contributed by atoms with Crippen LogP contribution in [0, 0.1) is 0 Å². The normalized spacial score (nSPS) is 11.5. The minimum atomic E-state index is -4.29. The number of rotatable bonds is 11. The van der Waals surface area contributed by atoms with Gasteiger partial charge < -0.3 is 14.8 Å². The van der Waals surface area contributed by atoms with Gasteiger partial charge in [-0.05, 0) is 72.8 Å². The molecule has 4 rings (SSSR count). The number of carbonyl (C=O) groups is 1. The topological polar surface area (TPSA) is 131 Å². The molecule has 0 aliphatic rings. The van der Waals surface area contributed by atoms with Crippen molar-refractivity contribution in [3.8, 4) is 11.5 Å². The van der Waals surface area contributed by atoms with Crippen molar-refractivity contribution in [1.29, 1.82) is 0 Å². The molecule has 0 fully saturated rings. The van der Waals surface area contributed by atoms with E-state index in [1.165, 1.54) is 93.1 Å². The van der Waals surface area contributed by atoms with Crippen LogP contribution in [0.3, 0.4) is 0 Å². The zero-order valence-corrected chi connectivity index (χ0v) is 26.4. The highest BCUT2D eigenvalue weighted by atomic mass is 35.5.